The van der Waals surface area contributed by atoms with E-state index in [4.69, 9.17) is 5.73 Å². The molecule has 2 rings (SSSR count). The summed E-state index contributed by atoms with van der Waals surface area (Å²) in [4.78, 5) is 4.75. The van der Waals surface area contributed by atoms with E-state index in [2.05, 4.69) is 18.1 Å². The predicted octanol–water partition coefficient (Wildman–Crippen LogP) is 1.92. The van der Waals surface area contributed by atoms with E-state index in [0.29, 0.717) is 15.7 Å². The zero-order valence-electron chi connectivity index (χ0n) is 8.33. The van der Waals surface area contributed by atoms with E-state index < -0.39 is 9.74 Å². The fraction of sp³-hybridized carbons (Fsp3) is 0. The normalized spacial score (nSPS) is 12.3. The second-order valence-electron chi connectivity index (χ2n) is 3.20. The zero-order chi connectivity index (χ0) is 11.6. The average Bonchev–Trinajstić information content (AvgIpc) is 2.70. The fourth-order valence-corrected chi connectivity index (χ4v) is 4.40. The summed E-state index contributed by atoms with van der Waals surface area (Å²) in [5, 5.41) is 2.48. The highest BCUT2D eigenvalue weighted by Gasteiger charge is 2.12. The van der Waals surface area contributed by atoms with Crippen LogP contribution in [-0.2, 0) is 9.74 Å². The second kappa shape index (κ2) is 4.49. The Kier molecular flexibility index (Phi) is 3.23. The Morgan fingerprint density at radius 2 is 2.06 bits per heavy atom. The van der Waals surface area contributed by atoms with Crippen molar-refractivity contribution >= 4 is 40.3 Å². The lowest BCUT2D eigenvalue weighted by Gasteiger charge is -2.20. The third kappa shape index (κ3) is 2.58. The van der Waals surface area contributed by atoms with Crippen LogP contribution in [-0.4, -0.2) is 9.19 Å². The van der Waals surface area contributed by atoms with Crippen molar-refractivity contribution in [2.24, 2.45) is 0 Å². The molecule has 0 aliphatic carbocycles. The van der Waals surface area contributed by atoms with Crippen molar-refractivity contribution in [1.29, 1.82) is 0 Å². The Morgan fingerprint density at radius 3 is 2.62 bits per heavy atom. The van der Waals surface area contributed by atoms with E-state index in [1.807, 2.05) is 5.38 Å². The Hall–Kier alpha value is -0.970. The Labute approximate surface area is 101 Å². The van der Waals surface area contributed by atoms with Gasteiger partial charge < -0.3 is 5.73 Å². The maximum atomic E-state index is 12.4. The van der Waals surface area contributed by atoms with E-state index in [1.54, 1.807) is 30.5 Å². The summed E-state index contributed by atoms with van der Waals surface area (Å²) in [6.07, 6.45) is 1.67. The molecular formula is C9H12N3OPS2. The number of nitrogen functional groups attached to an aromatic ring is 1. The second-order valence-corrected chi connectivity index (χ2v) is 8.33. The van der Waals surface area contributed by atoms with Crippen LogP contribution < -0.4 is 10.5 Å². The van der Waals surface area contributed by atoms with Gasteiger partial charge in [0.15, 0.2) is 5.13 Å². The van der Waals surface area contributed by atoms with Crippen molar-refractivity contribution in [1.82, 2.24) is 4.98 Å². The van der Waals surface area contributed by atoms with E-state index in [0.717, 1.165) is 0 Å². The smallest absolute Gasteiger partial charge is 0.193 e. The summed E-state index contributed by atoms with van der Waals surface area (Å²) < 4.78 is 15.3. The van der Waals surface area contributed by atoms with Gasteiger partial charge in [-0.3, -0.25) is 8.93 Å². The third-order valence-corrected chi connectivity index (χ3v) is 5.70. The molecule has 0 saturated carbocycles. The summed E-state index contributed by atoms with van der Waals surface area (Å²) in [5.74, 6) is 0. The Morgan fingerprint density at radius 1 is 1.38 bits per heavy atom. The summed E-state index contributed by atoms with van der Waals surface area (Å²) in [6, 6.07) is 6.97. The molecule has 1 aromatic heterocycles. The van der Waals surface area contributed by atoms with Crippen LogP contribution in [0.1, 0.15) is 0 Å². The van der Waals surface area contributed by atoms with Gasteiger partial charge in [-0.1, -0.05) is 0 Å². The highest BCUT2D eigenvalue weighted by atomic mass is 32.8. The highest BCUT2D eigenvalue weighted by molar-refractivity contribution is 8.46. The molecule has 0 bridgehead atoms. The Bertz CT molecular complexity index is 512. The van der Waals surface area contributed by atoms with Crippen LogP contribution in [0.2, 0.25) is 0 Å². The molecule has 0 spiro atoms. The molecule has 0 fully saturated rings. The van der Waals surface area contributed by atoms with Gasteiger partial charge in [-0.2, -0.15) is 0 Å². The van der Waals surface area contributed by atoms with Gasteiger partial charge >= 0.3 is 0 Å². The van der Waals surface area contributed by atoms with Gasteiger partial charge in [-0.05, 0) is 42.4 Å². The largest absolute Gasteiger partial charge is 0.399 e. The van der Waals surface area contributed by atoms with Gasteiger partial charge in [-0.25, -0.2) is 4.98 Å². The predicted molar refractivity (Wildman–Crippen MR) is 74.1 cm³/mol. The molecule has 2 aromatic rings. The minimum absolute atomic E-state index is 0.648. The molecule has 3 N–H and O–H groups in total. The van der Waals surface area contributed by atoms with E-state index >= 15 is 0 Å². The van der Waals surface area contributed by atoms with Gasteiger partial charge in [-0.15, -0.1) is 11.3 Å². The van der Waals surface area contributed by atoms with Crippen LogP contribution in [0.25, 0.3) is 0 Å². The first-order valence-corrected chi connectivity index (χ1v) is 8.71. The van der Waals surface area contributed by atoms with Gasteiger partial charge in [0.25, 0.3) is 0 Å². The lowest BCUT2D eigenvalue weighted by molar-refractivity contribution is 0.683. The molecule has 0 aliphatic rings. The minimum Gasteiger partial charge on any atom is -0.399 e. The zero-order valence-corrected chi connectivity index (χ0v) is 11.2. The number of aromatic nitrogens is 1. The first-order valence-electron chi connectivity index (χ1n) is 4.50. The van der Waals surface area contributed by atoms with E-state index in [-0.39, 0.29) is 0 Å². The number of hydrogen-bond acceptors (Lipinski definition) is 4. The molecular weight excluding hydrogens is 261 g/mol. The third-order valence-electron chi connectivity index (χ3n) is 1.97. The molecule has 7 heteroatoms. The number of nitrogens with one attached hydrogen (secondary N) is 1. The van der Waals surface area contributed by atoms with Gasteiger partial charge in [0.1, 0.15) is 0 Å². The van der Waals surface area contributed by atoms with Crippen LogP contribution in [0.5, 0.6) is 0 Å². The molecule has 0 amide bonds. The number of benzene rings is 1. The lowest BCUT2D eigenvalue weighted by atomic mass is 10.3. The lowest BCUT2D eigenvalue weighted by Crippen LogP contribution is -2.14. The van der Waals surface area contributed by atoms with Crippen LogP contribution in [0.15, 0.2) is 40.7 Å². The number of nitrogens with zero attached hydrogens (tertiary/aromatic N) is 1. The van der Waals surface area contributed by atoms with Crippen molar-refractivity contribution in [2.45, 2.75) is 4.90 Å². The number of anilines is 2. The fourth-order valence-electron chi connectivity index (χ4n) is 1.18. The van der Waals surface area contributed by atoms with Crippen molar-refractivity contribution in [3.63, 3.8) is 0 Å². The molecule has 0 saturated heterocycles. The molecule has 0 radical (unpaired) electrons. The molecule has 86 valence electrons. The van der Waals surface area contributed by atoms with Crippen LogP contribution >= 0.6 is 19.8 Å². The molecule has 1 aromatic carbocycles. The van der Waals surface area contributed by atoms with Gasteiger partial charge in [0.05, 0.1) is 0 Å². The highest BCUT2D eigenvalue weighted by Crippen LogP contribution is 2.29. The number of hydrogen-bond donors (Lipinski definition) is 3. The standard InChI is InChI=1S/C9H12N3OPS2/c10-7-1-3-8(4-2-7)16(13,14)12-9-11-5-6-15-9/h1-6,16H,10,14H2,(H,11,12,13). The maximum absolute atomic E-state index is 12.4. The number of thiazole rings is 1. The molecule has 1 atom stereocenters. The van der Waals surface area contributed by atoms with E-state index in [9.17, 15) is 4.21 Å². The molecule has 16 heavy (non-hydrogen) atoms. The van der Waals surface area contributed by atoms with Crippen molar-refractivity contribution < 1.29 is 4.21 Å². The number of thiol groups is 1. The topological polar surface area (TPSA) is 68.0 Å². The molecule has 4 nitrogen and oxygen atoms in total. The average molecular weight is 273 g/mol. The van der Waals surface area contributed by atoms with Crippen molar-refractivity contribution in [3.05, 3.63) is 35.8 Å². The summed E-state index contributed by atoms with van der Waals surface area (Å²) in [7, 11) is -0.336. The molecule has 1 unspecified atom stereocenters. The van der Waals surface area contributed by atoms with Gasteiger partial charge in [0, 0.05) is 22.2 Å². The monoisotopic (exact) mass is 273 g/mol. The van der Waals surface area contributed by atoms with Crippen molar-refractivity contribution in [3.8, 4) is 0 Å². The quantitative estimate of drug-likeness (QED) is 0.454. The summed E-state index contributed by atoms with van der Waals surface area (Å²) in [6.45, 7) is 0. The molecule has 1 heterocycles. The van der Waals surface area contributed by atoms with E-state index in [1.165, 1.54) is 11.3 Å². The number of rotatable bonds is 3. The summed E-state index contributed by atoms with van der Waals surface area (Å²) >= 11 is 1.42. The van der Waals surface area contributed by atoms with Gasteiger partial charge in [0.2, 0.25) is 0 Å². The maximum Gasteiger partial charge on any atom is 0.193 e. The van der Waals surface area contributed by atoms with Crippen molar-refractivity contribution in [2.75, 3.05) is 10.5 Å². The van der Waals surface area contributed by atoms with Crippen LogP contribution in [0.3, 0.4) is 0 Å². The Balaban J connectivity index is 2.25. The van der Waals surface area contributed by atoms with Crippen LogP contribution in [0.4, 0.5) is 10.8 Å². The summed E-state index contributed by atoms with van der Waals surface area (Å²) in [5.41, 5.74) is 6.23. The minimum atomic E-state index is -2.69. The number of nitrogens with two attached hydrogens (primary N) is 1. The SMILES string of the molecule is Nc1ccc([SH](=O)(P)Nc2nccs2)cc1. The first kappa shape index (κ1) is 11.5. The molecule has 0 aliphatic heterocycles. The first-order chi connectivity index (χ1) is 7.58. The van der Waals surface area contributed by atoms with Crippen LogP contribution in [0, 0.1) is 0 Å².